The number of carbonyl (C=O) groups excluding carboxylic acids is 2. The molecule has 0 unspecified atom stereocenters. The monoisotopic (exact) mass is 432 g/mol. The largest absolute Gasteiger partial charge is 0.462 e. The van der Waals surface area contributed by atoms with E-state index in [4.69, 9.17) is 4.74 Å². The summed E-state index contributed by atoms with van der Waals surface area (Å²) < 4.78 is 5.10. The first kappa shape index (κ1) is 19.9. The number of esters is 1. The fourth-order valence-corrected chi connectivity index (χ4v) is 6.12. The minimum atomic E-state index is -0.614. The highest BCUT2D eigenvalue weighted by molar-refractivity contribution is 7.17. The number of aryl methyl sites for hydroxylation is 1. The van der Waals surface area contributed by atoms with Crippen LogP contribution >= 0.6 is 11.3 Å². The Kier molecular flexibility index (Phi) is 4.70. The van der Waals surface area contributed by atoms with Gasteiger partial charge in [0, 0.05) is 11.8 Å². The van der Waals surface area contributed by atoms with Crippen LogP contribution in [0, 0.1) is 12.3 Å². The highest BCUT2D eigenvalue weighted by atomic mass is 32.1. The van der Waals surface area contributed by atoms with Crippen molar-refractivity contribution in [3.63, 3.8) is 0 Å². The maximum Gasteiger partial charge on any atom is 0.350 e. The molecule has 0 radical (unpaired) electrons. The number of carbonyl (C=O) groups is 2. The highest BCUT2D eigenvalue weighted by Crippen LogP contribution is 2.61. The van der Waals surface area contributed by atoms with Crippen LogP contribution in [0.2, 0.25) is 0 Å². The molecule has 31 heavy (non-hydrogen) atoms. The lowest BCUT2D eigenvalue weighted by Crippen LogP contribution is -2.47. The molecule has 2 aromatic carbocycles. The van der Waals surface area contributed by atoms with Crippen LogP contribution in [0.1, 0.15) is 69.7 Å². The molecule has 1 N–H and O–H groups in total. The molecule has 1 atom stereocenters. The quantitative estimate of drug-likeness (QED) is 0.572. The van der Waals surface area contributed by atoms with E-state index in [-0.39, 0.29) is 17.7 Å². The lowest BCUT2D eigenvalue weighted by atomic mass is 9.52. The van der Waals surface area contributed by atoms with Crippen LogP contribution in [0.3, 0.4) is 0 Å². The molecule has 3 aromatic rings. The topological polar surface area (TPSA) is 68.3 Å². The van der Waals surface area contributed by atoms with Gasteiger partial charge in [0.05, 0.1) is 17.7 Å². The van der Waals surface area contributed by atoms with Gasteiger partial charge in [-0.05, 0) is 49.4 Å². The van der Waals surface area contributed by atoms with Crippen LogP contribution in [-0.2, 0) is 9.53 Å². The zero-order valence-corrected chi connectivity index (χ0v) is 18.6. The molecule has 0 saturated heterocycles. The van der Waals surface area contributed by atoms with Crippen LogP contribution in [0.4, 0.5) is 5.13 Å². The molecule has 5 nitrogen and oxygen atoms in total. The van der Waals surface area contributed by atoms with Crippen LogP contribution in [0.15, 0.2) is 48.5 Å². The number of nitrogens with one attached hydrogen (secondary N) is 1. The van der Waals surface area contributed by atoms with Gasteiger partial charge in [0.15, 0.2) is 5.13 Å². The predicted molar refractivity (Wildman–Crippen MR) is 121 cm³/mol. The molecule has 0 spiro atoms. The summed E-state index contributed by atoms with van der Waals surface area (Å²) in [4.78, 5) is 30.6. The molecule has 6 rings (SSSR count). The Morgan fingerprint density at radius 2 is 1.68 bits per heavy atom. The summed E-state index contributed by atoms with van der Waals surface area (Å²) in [5.74, 6) is -0.281. The summed E-state index contributed by atoms with van der Waals surface area (Å²) in [6, 6.07) is 16.9. The third-order valence-electron chi connectivity index (χ3n) is 6.63. The Hall–Kier alpha value is -2.99. The number of hydrogen-bond acceptors (Lipinski definition) is 5. The minimum Gasteiger partial charge on any atom is -0.462 e. The average molecular weight is 433 g/mol. The third kappa shape index (κ3) is 3.00. The van der Waals surface area contributed by atoms with Crippen LogP contribution in [0.25, 0.3) is 0 Å². The zero-order valence-electron chi connectivity index (χ0n) is 17.8. The van der Waals surface area contributed by atoms with E-state index in [9.17, 15) is 9.59 Å². The van der Waals surface area contributed by atoms with Gasteiger partial charge < -0.3 is 10.1 Å². The van der Waals surface area contributed by atoms with E-state index >= 15 is 0 Å². The molecule has 158 valence electrons. The van der Waals surface area contributed by atoms with Crippen LogP contribution in [0.5, 0.6) is 0 Å². The number of anilines is 1. The fourth-order valence-electron chi connectivity index (χ4n) is 5.27. The molecule has 3 aliphatic rings. The lowest BCUT2D eigenvalue weighted by molar-refractivity contribution is -0.126. The summed E-state index contributed by atoms with van der Waals surface area (Å²) in [7, 11) is 0. The standard InChI is InChI=1S/C25H24N2O3S/c1-4-30-22(28)21-14(2)26-24(31-21)27-23(29)25(3)13-19-15-9-5-7-11-17(15)20(25)18-12-8-6-10-16(18)19/h5-12,19-20H,4,13H2,1-3H3,(H,26,27,29)/t19?,20?,25-/m0/s1. The van der Waals surface area contributed by atoms with Crippen molar-refractivity contribution in [1.29, 1.82) is 0 Å². The Bertz CT molecular complexity index is 1150. The van der Waals surface area contributed by atoms with Crippen molar-refractivity contribution in [3.8, 4) is 0 Å². The van der Waals surface area contributed by atoms with E-state index in [2.05, 4.69) is 65.8 Å². The first-order valence-corrected chi connectivity index (χ1v) is 11.4. The number of aromatic nitrogens is 1. The molecular formula is C25H24N2O3S. The van der Waals surface area contributed by atoms with Gasteiger partial charge in [-0.15, -0.1) is 0 Å². The Labute approximate surface area is 185 Å². The Morgan fingerprint density at radius 3 is 2.26 bits per heavy atom. The molecule has 3 aliphatic carbocycles. The second-order valence-corrected chi connectivity index (χ2v) is 9.47. The summed E-state index contributed by atoms with van der Waals surface area (Å²) >= 11 is 1.17. The van der Waals surface area contributed by atoms with E-state index < -0.39 is 11.4 Å². The molecule has 1 amide bonds. The van der Waals surface area contributed by atoms with Gasteiger partial charge in [-0.25, -0.2) is 9.78 Å². The number of nitrogens with zero attached hydrogens (tertiary/aromatic N) is 1. The highest BCUT2D eigenvalue weighted by Gasteiger charge is 2.54. The minimum absolute atomic E-state index is 0.0181. The first-order valence-electron chi connectivity index (χ1n) is 10.6. The number of hydrogen-bond donors (Lipinski definition) is 1. The average Bonchev–Trinajstić information content (AvgIpc) is 3.14. The van der Waals surface area contributed by atoms with Gasteiger partial charge in [0.1, 0.15) is 4.88 Å². The van der Waals surface area contributed by atoms with E-state index in [1.807, 2.05) is 0 Å². The van der Waals surface area contributed by atoms with E-state index in [1.165, 1.54) is 33.6 Å². The third-order valence-corrected chi connectivity index (χ3v) is 7.68. The second kappa shape index (κ2) is 7.31. The molecule has 1 heterocycles. The van der Waals surface area contributed by atoms with E-state index in [0.29, 0.717) is 22.3 Å². The maximum atomic E-state index is 13.7. The fraction of sp³-hybridized carbons (Fsp3) is 0.320. The first-order chi connectivity index (χ1) is 14.9. The normalized spacial score (nSPS) is 23.1. The van der Waals surface area contributed by atoms with Crippen molar-refractivity contribution in [2.45, 2.75) is 39.0 Å². The van der Waals surface area contributed by atoms with Gasteiger partial charge in [-0.3, -0.25) is 4.79 Å². The number of rotatable bonds is 4. The van der Waals surface area contributed by atoms with Gasteiger partial charge in [-0.2, -0.15) is 0 Å². The van der Waals surface area contributed by atoms with Crippen molar-refractivity contribution < 1.29 is 14.3 Å². The second-order valence-electron chi connectivity index (χ2n) is 8.47. The lowest BCUT2D eigenvalue weighted by Gasteiger charge is -2.50. The Balaban J connectivity index is 1.51. The SMILES string of the molecule is CCOC(=O)c1sc(NC(=O)[C@@]2(C)CC3c4ccccc4C2c2ccccc23)nc1C. The molecule has 2 bridgehead atoms. The Morgan fingerprint density at radius 1 is 1.10 bits per heavy atom. The summed E-state index contributed by atoms with van der Waals surface area (Å²) in [5.41, 5.74) is 5.08. The maximum absolute atomic E-state index is 13.7. The summed E-state index contributed by atoms with van der Waals surface area (Å²) in [5, 5.41) is 3.46. The van der Waals surface area contributed by atoms with Crippen molar-refractivity contribution >= 4 is 28.3 Å². The van der Waals surface area contributed by atoms with Crippen LogP contribution in [-0.4, -0.2) is 23.5 Å². The van der Waals surface area contributed by atoms with Gasteiger partial charge in [0.2, 0.25) is 5.91 Å². The van der Waals surface area contributed by atoms with Crippen molar-refractivity contribution in [2.24, 2.45) is 5.41 Å². The van der Waals surface area contributed by atoms with E-state index in [1.54, 1.807) is 13.8 Å². The van der Waals surface area contributed by atoms with E-state index in [0.717, 1.165) is 6.42 Å². The molecule has 0 fully saturated rings. The zero-order chi connectivity index (χ0) is 21.8. The van der Waals surface area contributed by atoms with Gasteiger partial charge in [0.25, 0.3) is 0 Å². The summed E-state index contributed by atoms with van der Waals surface area (Å²) in [6.07, 6.45) is 0.743. The van der Waals surface area contributed by atoms with Gasteiger partial charge in [-0.1, -0.05) is 59.9 Å². The number of fused-ring (bicyclic) bond motifs is 1. The number of amides is 1. The number of ether oxygens (including phenoxy) is 1. The molecule has 6 heteroatoms. The molecule has 0 saturated carbocycles. The van der Waals surface area contributed by atoms with Crippen molar-refractivity contribution in [1.82, 2.24) is 4.98 Å². The molecular weight excluding hydrogens is 408 g/mol. The summed E-state index contributed by atoms with van der Waals surface area (Å²) in [6.45, 7) is 5.89. The van der Waals surface area contributed by atoms with Crippen molar-refractivity contribution in [2.75, 3.05) is 11.9 Å². The molecule has 0 aliphatic heterocycles. The van der Waals surface area contributed by atoms with Crippen LogP contribution < -0.4 is 5.32 Å². The van der Waals surface area contributed by atoms with Gasteiger partial charge >= 0.3 is 5.97 Å². The smallest absolute Gasteiger partial charge is 0.350 e. The number of thiazole rings is 1. The molecule has 1 aromatic heterocycles. The predicted octanol–water partition coefficient (Wildman–Crippen LogP) is 5.25. The van der Waals surface area contributed by atoms with Crippen molar-refractivity contribution in [3.05, 3.63) is 81.4 Å². The number of benzene rings is 2.